The van der Waals surface area contributed by atoms with Gasteiger partial charge in [-0.15, -0.1) is 0 Å². The highest BCUT2D eigenvalue weighted by molar-refractivity contribution is 6.31. The molecule has 246 valence electrons. The van der Waals surface area contributed by atoms with Gasteiger partial charge in [0.05, 0.1) is 28.5 Å². The van der Waals surface area contributed by atoms with E-state index >= 15 is 8.78 Å². The number of nitrogens with one attached hydrogen (secondary N) is 3. The number of hydrogen-bond acceptors (Lipinski definition) is 5. The molecule has 1 saturated heterocycles. The monoisotopic (exact) mass is 680 g/mol. The third-order valence-corrected chi connectivity index (χ3v) is 9.12. The lowest BCUT2D eigenvalue weighted by atomic mass is 9.61. The van der Waals surface area contributed by atoms with Gasteiger partial charge in [0.1, 0.15) is 11.6 Å². The highest BCUT2D eigenvalue weighted by atomic mass is 35.5. The molecule has 3 aromatic carbocycles. The Morgan fingerprint density at radius 1 is 1.02 bits per heavy atom. The zero-order chi connectivity index (χ0) is 33.9. The van der Waals surface area contributed by atoms with E-state index in [1.165, 1.54) is 24.4 Å². The summed E-state index contributed by atoms with van der Waals surface area (Å²) in [5.74, 6) is -3.79. The molecule has 0 unspecified atom stereocenters. The van der Waals surface area contributed by atoms with E-state index in [1.807, 2.05) is 20.8 Å². The third kappa shape index (κ3) is 7.49. The molecule has 4 N–H and O–H groups in total. The molecule has 1 amide bonds. The van der Waals surface area contributed by atoms with E-state index in [0.717, 1.165) is 0 Å². The van der Waals surface area contributed by atoms with Crippen molar-refractivity contribution in [1.29, 1.82) is 0 Å². The number of rotatable bonds is 10. The van der Waals surface area contributed by atoms with Crippen LogP contribution in [0.5, 0.6) is 0 Å². The van der Waals surface area contributed by atoms with E-state index < -0.39 is 46.9 Å². The third-order valence-electron chi connectivity index (χ3n) is 8.59. The van der Waals surface area contributed by atoms with Gasteiger partial charge in [-0.05, 0) is 71.0 Å². The number of halogens is 4. The van der Waals surface area contributed by atoms with Crippen molar-refractivity contribution in [1.82, 2.24) is 15.6 Å². The second-order valence-corrected chi connectivity index (χ2v) is 13.9. The minimum Gasteiger partial charge on any atom is -0.478 e. The lowest BCUT2D eigenvalue weighted by Crippen LogP contribution is -2.51. The Kier molecular flexibility index (Phi) is 10.3. The highest BCUT2D eigenvalue weighted by Crippen LogP contribution is 2.53. The average molecular weight is 682 g/mol. The van der Waals surface area contributed by atoms with Gasteiger partial charge >= 0.3 is 5.97 Å². The summed E-state index contributed by atoms with van der Waals surface area (Å²) in [4.78, 5) is 29.9. The van der Waals surface area contributed by atoms with Gasteiger partial charge in [-0.25, -0.2) is 13.6 Å². The molecule has 0 saturated carbocycles. The number of aromatic nitrogens is 1. The number of carboxylic acid groups (broad SMARTS) is 1. The molecule has 1 aliphatic rings. The maximum Gasteiger partial charge on any atom is 0.335 e. The first kappa shape index (κ1) is 34.4. The van der Waals surface area contributed by atoms with Crippen molar-refractivity contribution in [3.8, 4) is 0 Å². The smallest absolute Gasteiger partial charge is 0.335 e. The van der Waals surface area contributed by atoms with Crippen LogP contribution in [-0.4, -0.2) is 40.6 Å². The Morgan fingerprint density at radius 3 is 2.47 bits per heavy atom. The van der Waals surface area contributed by atoms with Crippen LogP contribution in [-0.2, 0) is 16.8 Å². The predicted octanol–water partition coefficient (Wildman–Crippen LogP) is 7.59. The van der Waals surface area contributed by atoms with Crippen LogP contribution in [0.3, 0.4) is 0 Å². The number of aromatic carboxylic acids is 1. The van der Waals surface area contributed by atoms with Crippen LogP contribution < -0.4 is 16.0 Å². The lowest BCUT2D eigenvalue weighted by molar-refractivity contribution is -0.118. The fourth-order valence-corrected chi connectivity index (χ4v) is 7.05. The van der Waals surface area contributed by atoms with Crippen LogP contribution in [0.4, 0.5) is 14.5 Å². The highest BCUT2D eigenvalue weighted by Gasteiger charge is 2.60. The summed E-state index contributed by atoms with van der Waals surface area (Å²) in [5, 5.41) is 19.4. The molecule has 2 heterocycles. The summed E-state index contributed by atoms with van der Waals surface area (Å²) in [6.07, 6.45) is 3.56. The molecule has 0 radical (unpaired) electrons. The molecule has 11 heteroatoms. The van der Waals surface area contributed by atoms with Crippen molar-refractivity contribution in [3.05, 3.63) is 129 Å². The van der Waals surface area contributed by atoms with Crippen molar-refractivity contribution in [2.45, 2.75) is 57.2 Å². The Labute approximate surface area is 282 Å². The minimum absolute atomic E-state index is 0.0733. The van der Waals surface area contributed by atoms with Gasteiger partial charge in [-0.2, -0.15) is 0 Å². The second kappa shape index (κ2) is 14.1. The normalized spacial score (nSPS) is 21.0. The average Bonchev–Trinajstić information content (AvgIpc) is 3.31. The number of pyridine rings is 1. The molecular formula is C36H36Cl2F2N4O3. The van der Waals surface area contributed by atoms with Gasteiger partial charge < -0.3 is 21.1 Å². The lowest BCUT2D eigenvalue weighted by Gasteiger charge is -2.43. The zero-order valence-corrected chi connectivity index (χ0v) is 27.7. The first-order valence-electron chi connectivity index (χ1n) is 15.2. The number of carbonyl (C=O) groups excluding carboxylic acids is 1. The van der Waals surface area contributed by atoms with Crippen molar-refractivity contribution in [2.24, 2.45) is 5.41 Å². The van der Waals surface area contributed by atoms with Gasteiger partial charge in [0.2, 0.25) is 5.91 Å². The standard InChI is InChI=1S/C36H36Cl2F2N4O3/c1-35(2,3)17-29-36(26-13-12-23(37)16-28(26)39,20-42-18-21-7-4-8-22(15-21)34(46)47)30(25-10-5-11-27(38)31(25)40)32(44-29)33(45)43-24-9-6-14-41-19-24/h4-16,19,29-30,32,42,44H,17-18,20H2,1-3H3,(H,43,45)(H,46,47)/t29-,30-,32+,36-/m0/s1. The summed E-state index contributed by atoms with van der Waals surface area (Å²) < 4.78 is 32.6. The maximum absolute atomic E-state index is 16.4. The van der Waals surface area contributed by atoms with Crippen LogP contribution >= 0.6 is 23.2 Å². The molecule has 4 aromatic rings. The number of hydrogen-bond donors (Lipinski definition) is 4. The number of carboxylic acids is 1. The summed E-state index contributed by atoms with van der Waals surface area (Å²) in [7, 11) is 0. The van der Waals surface area contributed by atoms with E-state index in [9.17, 15) is 14.7 Å². The van der Waals surface area contributed by atoms with Crippen LogP contribution in [0.1, 0.15) is 60.2 Å². The number of benzene rings is 3. The molecule has 47 heavy (non-hydrogen) atoms. The fourth-order valence-electron chi connectivity index (χ4n) is 6.71. The first-order valence-corrected chi connectivity index (χ1v) is 15.9. The van der Waals surface area contributed by atoms with Gasteiger partial charge in [0.15, 0.2) is 0 Å². The topological polar surface area (TPSA) is 103 Å². The van der Waals surface area contributed by atoms with Crippen LogP contribution in [0.15, 0.2) is 85.2 Å². The van der Waals surface area contributed by atoms with Crippen molar-refractivity contribution < 1.29 is 23.5 Å². The quantitative estimate of drug-likeness (QED) is 0.138. The van der Waals surface area contributed by atoms with Gasteiger partial charge in [-0.1, -0.05) is 74.3 Å². The molecular weight excluding hydrogens is 645 g/mol. The maximum atomic E-state index is 16.4. The zero-order valence-electron chi connectivity index (χ0n) is 26.2. The van der Waals surface area contributed by atoms with Crippen LogP contribution in [0, 0.1) is 17.0 Å². The SMILES string of the molecule is CC(C)(C)C[C@@H]1N[C@@H](C(=O)Nc2cccnc2)[C@H](c2cccc(Cl)c2F)[C@@]1(CNCc1cccc(C(=O)O)c1)c1ccc(Cl)cc1F. The number of nitrogens with zero attached hydrogens (tertiary/aromatic N) is 1. The molecule has 1 aromatic heterocycles. The number of anilines is 1. The summed E-state index contributed by atoms with van der Waals surface area (Å²) in [5.41, 5.74) is 0.0629. The van der Waals surface area contributed by atoms with E-state index in [2.05, 4.69) is 20.9 Å². The fraction of sp³-hybridized carbons (Fsp3) is 0.306. The van der Waals surface area contributed by atoms with Crippen molar-refractivity contribution in [2.75, 3.05) is 11.9 Å². The van der Waals surface area contributed by atoms with Gasteiger partial charge in [0, 0.05) is 41.7 Å². The van der Waals surface area contributed by atoms with E-state index in [1.54, 1.807) is 60.8 Å². The predicted molar refractivity (Wildman–Crippen MR) is 180 cm³/mol. The summed E-state index contributed by atoms with van der Waals surface area (Å²) in [6.45, 7) is 6.42. The second-order valence-electron chi connectivity index (χ2n) is 13.1. The Hall–Kier alpha value is -3.89. The van der Waals surface area contributed by atoms with Crippen LogP contribution in [0.25, 0.3) is 0 Å². The number of amides is 1. The summed E-state index contributed by atoms with van der Waals surface area (Å²) in [6, 6.07) is 17.3. The molecule has 1 aliphatic heterocycles. The molecule has 0 aliphatic carbocycles. The molecule has 0 spiro atoms. The molecule has 5 rings (SSSR count). The molecule has 0 bridgehead atoms. The van der Waals surface area contributed by atoms with Gasteiger partial charge in [-0.3, -0.25) is 9.78 Å². The summed E-state index contributed by atoms with van der Waals surface area (Å²) >= 11 is 12.6. The molecule has 7 nitrogen and oxygen atoms in total. The van der Waals surface area contributed by atoms with Gasteiger partial charge in [0.25, 0.3) is 0 Å². The Balaban J connectivity index is 1.71. The van der Waals surface area contributed by atoms with Crippen molar-refractivity contribution in [3.63, 3.8) is 0 Å². The first-order chi connectivity index (χ1) is 22.3. The molecule has 1 fully saturated rings. The number of carbonyl (C=O) groups is 2. The van der Waals surface area contributed by atoms with Crippen molar-refractivity contribution >= 4 is 40.8 Å². The van der Waals surface area contributed by atoms with E-state index in [0.29, 0.717) is 17.7 Å². The van der Waals surface area contributed by atoms with E-state index in [-0.39, 0.29) is 45.2 Å². The van der Waals surface area contributed by atoms with E-state index in [4.69, 9.17) is 23.2 Å². The van der Waals surface area contributed by atoms with Crippen LogP contribution in [0.2, 0.25) is 10.0 Å². The Morgan fingerprint density at radius 2 is 1.79 bits per heavy atom. The Bertz CT molecular complexity index is 1770. The largest absolute Gasteiger partial charge is 0.478 e. The molecule has 4 atom stereocenters. The minimum atomic E-state index is -1.28.